The monoisotopic (exact) mass is 348 g/mol. The Balaban J connectivity index is 1.73. The number of hydrogen-bond donors (Lipinski definition) is 2. The molecule has 0 aliphatic carbocycles. The molecule has 1 fully saturated rings. The van der Waals surface area contributed by atoms with Gasteiger partial charge in [-0.3, -0.25) is 0 Å². The highest BCUT2D eigenvalue weighted by Gasteiger charge is 2.39. The standard InChI is InChI=1S/C21H24N4O/c1-3-26-20-7-5-4-6-18(20)24-15-10-14(12-22)21-16(11-15)17-13-23-9-8-19(17)25(21)2/h4-7,10-11,17,19,23-24H,3,8-9,13H2,1-2H3/t17-,19-/m0/s1. The third kappa shape index (κ3) is 2.77. The maximum absolute atomic E-state index is 9.74. The van der Waals surface area contributed by atoms with Crippen molar-refractivity contribution in [2.24, 2.45) is 0 Å². The molecule has 0 radical (unpaired) electrons. The third-order valence-corrected chi connectivity index (χ3v) is 5.42. The van der Waals surface area contributed by atoms with Crippen LogP contribution in [0.3, 0.4) is 0 Å². The molecule has 2 aromatic rings. The lowest BCUT2D eigenvalue weighted by Crippen LogP contribution is -2.42. The Labute approximate surface area is 154 Å². The van der Waals surface area contributed by atoms with Crippen molar-refractivity contribution in [3.63, 3.8) is 0 Å². The number of ether oxygens (including phenoxy) is 1. The maximum atomic E-state index is 9.74. The van der Waals surface area contributed by atoms with Crippen LogP contribution in [-0.2, 0) is 0 Å². The zero-order chi connectivity index (χ0) is 18.1. The minimum Gasteiger partial charge on any atom is -0.492 e. The summed E-state index contributed by atoms with van der Waals surface area (Å²) in [6.07, 6.45) is 1.11. The first-order valence-corrected chi connectivity index (χ1v) is 9.23. The topological polar surface area (TPSA) is 60.3 Å². The molecule has 0 saturated carbocycles. The average Bonchev–Trinajstić information content (AvgIpc) is 2.96. The maximum Gasteiger partial charge on any atom is 0.142 e. The summed E-state index contributed by atoms with van der Waals surface area (Å²) in [5.41, 5.74) is 4.95. The molecule has 2 heterocycles. The highest BCUT2D eigenvalue weighted by Crippen LogP contribution is 2.46. The normalized spacial score (nSPS) is 20.9. The molecular weight excluding hydrogens is 324 g/mol. The number of fused-ring (bicyclic) bond motifs is 3. The smallest absolute Gasteiger partial charge is 0.142 e. The molecule has 26 heavy (non-hydrogen) atoms. The molecule has 134 valence electrons. The summed E-state index contributed by atoms with van der Waals surface area (Å²) in [4.78, 5) is 2.30. The van der Waals surface area contributed by atoms with E-state index in [2.05, 4.69) is 34.7 Å². The number of hydrogen-bond acceptors (Lipinski definition) is 5. The van der Waals surface area contributed by atoms with E-state index in [1.807, 2.05) is 37.3 Å². The molecule has 2 atom stereocenters. The fraction of sp³-hybridized carbons (Fsp3) is 0.381. The van der Waals surface area contributed by atoms with E-state index in [0.29, 0.717) is 18.6 Å². The molecule has 0 amide bonds. The minimum atomic E-state index is 0.430. The number of benzene rings is 2. The quantitative estimate of drug-likeness (QED) is 0.884. The minimum absolute atomic E-state index is 0.430. The molecule has 0 bridgehead atoms. The Morgan fingerprint density at radius 3 is 3.00 bits per heavy atom. The van der Waals surface area contributed by atoms with Crippen LogP contribution in [0.4, 0.5) is 17.1 Å². The summed E-state index contributed by atoms with van der Waals surface area (Å²) in [7, 11) is 2.12. The number of likely N-dealkylation sites (N-methyl/N-ethyl adjacent to an activating group) is 1. The Hall–Kier alpha value is -2.71. The third-order valence-electron chi connectivity index (χ3n) is 5.42. The van der Waals surface area contributed by atoms with Crippen molar-refractivity contribution >= 4 is 17.1 Å². The second-order valence-electron chi connectivity index (χ2n) is 6.91. The van der Waals surface area contributed by atoms with E-state index in [1.54, 1.807) is 0 Å². The number of anilines is 3. The van der Waals surface area contributed by atoms with Crippen LogP contribution in [0.5, 0.6) is 5.75 Å². The molecule has 2 aliphatic rings. The number of nitrogens with one attached hydrogen (secondary N) is 2. The van der Waals surface area contributed by atoms with Gasteiger partial charge in [-0.2, -0.15) is 5.26 Å². The van der Waals surface area contributed by atoms with Crippen LogP contribution in [0.25, 0.3) is 0 Å². The van der Waals surface area contributed by atoms with Gasteiger partial charge in [0.2, 0.25) is 0 Å². The summed E-state index contributed by atoms with van der Waals surface area (Å²) in [6, 6.07) is 14.9. The van der Waals surface area contributed by atoms with Gasteiger partial charge in [-0.1, -0.05) is 12.1 Å². The van der Waals surface area contributed by atoms with Gasteiger partial charge in [0, 0.05) is 31.2 Å². The summed E-state index contributed by atoms with van der Waals surface area (Å²) < 4.78 is 5.72. The van der Waals surface area contributed by atoms with E-state index in [4.69, 9.17) is 4.74 Å². The molecule has 5 heteroatoms. The second kappa shape index (κ2) is 6.89. The molecule has 0 spiro atoms. The van der Waals surface area contributed by atoms with Crippen LogP contribution in [0.1, 0.15) is 30.4 Å². The van der Waals surface area contributed by atoms with E-state index in [-0.39, 0.29) is 0 Å². The fourth-order valence-electron chi connectivity index (χ4n) is 4.29. The van der Waals surface area contributed by atoms with Gasteiger partial charge in [-0.15, -0.1) is 0 Å². The molecule has 5 nitrogen and oxygen atoms in total. The van der Waals surface area contributed by atoms with Crippen molar-refractivity contribution in [2.75, 3.05) is 37.0 Å². The van der Waals surface area contributed by atoms with E-state index < -0.39 is 0 Å². The SMILES string of the molecule is CCOc1ccccc1Nc1cc(C#N)c2c(c1)[C@@H]1CNCC[C@@H]1N2C. The van der Waals surface area contributed by atoms with Crippen molar-refractivity contribution in [1.82, 2.24) is 5.32 Å². The zero-order valence-corrected chi connectivity index (χ0v) is 15.2. The molecule has 0 aromatic heterocycles. The van der Waals surface area contributed by atoms with Gasteiger partial charge >= 0.3 is 0 Å². The van der Waals surface area contributed by atoms with Gasteiger partial charge < -0.3 is 20.3 Å². The fourth-order valence-corrected chi connectivity index (χ4v) is 4.29. The predicted octanol–water partition coefficient (Wildman–Crippen LogP) is 3.60. The van der Waals surface area contributed by atoms with Gasteiger partial charge in [0.05, 0.1) is 23.5 Å². The number of piperidine rings is 1. The van der Waals surface area contributed by atoms with Crippen LogP contribution in [0.15, 0.2) is 36.4 Å². The largest absolute Gasteiger partial charge is 0.492 e. The van der Waals surface area contributed by atoms with Crippen molar-refractivity contribution < 1.29 is 4.74 Å². The Morgan fingerprint density at radius 1 is 1.35 bits per heavy atom. The first-order valence-electron chi connectivity index (χ1n) is 9.23. The Bertz CT molecular complexity index is 858. The molecule has 2 aromatic carbocycles. The van der Waals surface area contributed by atoms with Gasteiger partial charge in [-0.05, 0) is 49.7 Å². The number of para-hydroxylation sites is 2. The van der Waals surface area contributed by atoms with E-state index in [0.717, 1.165) is 47.9 Å². The highest BCUT2D eigenvalue weighted by molar-refractivity contribution is 5.77. The molecule has 2 N–H and O–H groups in total. The van der Waals surface area contributed by atoms with Crippen LogP contribution in [0.2, 0.25) is 0 Å². The van der Waals surface area contributed by atoms with Crippen LogP contribution < -0.4 is 20.3 Å². The van der Waals surface area contributed by atoms with Crippen molar-refractivity contribution in [1.29, 1.82) is 5.26 Å². The predicted molar refractivity (Wildman–Crippen MR) is 104 cm³/mol. The van der Waals surface area contributed by atoms with Crippen molar-refractivity contribution in [3.05, 3.63) is 47.5 Å². The Kier molecular flexibility index (Phi) is 4.44. The van der Waals surface area contributed by atoms with E-state index >= 15 is 0 Å². The lowest BCUT2D eigenvalue weighted by Gasteiger charge is -2.31. The first-order chi connectivity index (χ1) is 12.7. The molecular formula is C21H24N4O. The number of nitrogens with zero attached hydrogens (tertiary/aromatic N) is 2. The second-order valence-corrected chi connectivity index (χ2v) is 6.91. The lowest BCUT2D eigenvalue weighted by atomic mass is 9.89. The summed E-state index contributed by atoms with van der Waals surface area (Å²) in [5.74, 6) is 1.25. The van der Waals surface area contributed by atoms with Gasteiger partial charge in [0.25, 0.3) is 0 Å². The Morgan fingerprint density at radius 2 is 2.19 bits per heavy atom. The molecule has 4 rings (SSSR count). The molecule has 2 aliphatic heterocycles. The van der Waals surface area contributed by atoms with Crippen LogP contribution >= 0.6 is 0 Å². The van der Waals surface area contributed by atoms with Crippen molar-refractivity contribution in [2.45, 2.75) is 25.3 Å². The number of rotatable bonds is 4. The van der Waals surface area contributed by atoms with Crippen LogP contribution in [0, 0.1) is 11.3 Å². The van der Waals surface area contributed by atoms with Crippen molar-refractivity contribution in [3.8, 4) is 11.8 Å². The zero-order valence-electron chi connectivity index (χ0n) is 15.2. The van der Waals surface area contributed by atoms with E-state index in [1.165, 1.54) is 5.56 Å². The molecule has 0 unspecified atom stereocenters. The van der Waals surface area contributed by atoms with Crippen LogP contribution in [-0.4, -0.2) is 32.8 Å². The molecule has 1 saturated heterocycles. The van der Waals surface area contributed by atoms with Gasteiger partial charge in [0.1, 0.15) is 11.8 Å². The first kappa shape index (κ1) is 16.7. The summed E-state index contributed by atoms with van der Waals surface area (Å²) in [5, 5.41) is 16.7. The number of nitriles is 1. The van der Waals surface area contributed by atoms with Gasteiger partial charge in [-0.25, -0.2) is 0 Å². The highest BCUT2D eigenvalue weighted by atomic mass is 16.5. The van der Waals surface area contributed by atoms with Gasteiger partial charge in [0.15, 0.2) is 0 Å². The lowest BCUT2D eigenvalue weighted by molar-refractivity contribution is 0.342. The summed E-state index contributed by atoms with van der Waals surface area (Å²) >= 11 is 0. The summed E-state index contributed by atoms with van der Waals surface area (Å²) in [6.45, 7) is 4.60. The van der Waals surface area contributed by atoms with E-state index in [9.17, 15) is 5.26 Å². The average molecular weight is 348 g/mol.